The van der Waals surface area contributed by atoms with Gasteiger partial charge in [0.1, 0.15) is 12.4 Å². The molecule has 0 unspecified atom stereocenters. The van der Waals surface area contributed by atoms with Gasteiger partial charge >= 0.3 is 0 Å². The molecule has 0 amide bonds. The minimum atomic E-state index is 0.421. The van der Waals surface area contributed by atoms with Crippen LogP contribution < -0.4 is 9.47 Å². The summed E-state index contributed by atoms with van der Waals surface area (Å²) in [5, 5.41) is 11.7. The van der Waals surface area contributed by atoms with Crippen molar-refractivity contribution in [3.05, 3.63) is 69.2 Å². The van der Waals surface area contributed by atoms with Gasteiger partial charge in [-0.05, 0) is 60.6 Å². The Bertz CT molecular complexity index is 980. The summed E-state index contributed by atoms with van der Waals surface area (Å²) in [6, 6.07) is 13.1. The standard InChI is InChI=1S/C18H17ClN4O2S/c1-12-21-22-18(26)23(12)20-10-14-5-8-16(17(9-14)24-2)25-11-13-3-6-15(19)7-4-13/h3-10H,11H2,1-2H3,(H,22,26)/b20-10+. The van der Waals surface area contributed by atoms with Crippen molar-refractivity contribution in [3.8, 4) is 11.5 Å². The van der Waals surface area contributed by atoms with Gasteiger partial charge in [-0.2, -0.15) is 14.9 Å². The van der Waals surface area contributed by atoms with E-state index in [2.05, 4.69) is 15.3 Å². The van der Waals surface area contributed by atoms with Crippen LogP contribution in [0, 0.1) is 11.7 Å². The number of H-pyrrole nitrogens is 1. The van der Waals surface area contributed by atoms with Crippen LogP contribution in [-0.2, 0) is 6.61 Å². The lowest BCUT2D eigenvalue weighted by atomic mass is 10.2. The first kappa shape index (κ1) is 18.2. The molecule has 0 bridgehead atoms. The minimum Gasteiger partial charge on any atom is -0.493 e. The summed E-state index contributed by atoms with van der Waals surface area (Å²) in [6.07, 6.45) is 1.68. The predicted molar refractivity (Wildman–Crippen MR) is 104 cm³/mol. The van der Waals surface area contributed by atoms with Crippen LogP contribution in [0.3, 0.4) is 0 Å². The molecule has 0 fully saturated rings. The van der Waals surface area contributed by atoms with Crippen LogP contribution in [0.4, 0.5) is 0 Å². The van der Waals surface area contributed by atoms with E-state index < -0.39 is 0 Å². The fraction of sp³-hybridized carbons (Fsp3) is 0.167. The molecule has 3 aromatic rings. The number of rotatable bonds is 6. The van der Waals surface area contributed by atoms with Crippen molar-refractivity contribution < 1.29 is 9.47 Å². The maximum absolute atomic E-state index is 5.89. The number of aromatic nitrogens is 3. The molecule has 3 rings (SSSR count). The average Bonchev–Trinajstić information content (AvgIpc) is 2.97. The third-order valence-corrected chi connectivity index (χ3v) is 4.15. The topological polar surface area (TPSA) is 64.4 Å². The van der Waals surface area contributed by atoms with Crippen LogP contribution in [0.15, 0.2) is 47.6 Å². The molecule has 0 aliphatic rings. The molecular formula is C18H17ClN4O2S. The number of benzene rings is 2. The number of aryl methyl sites for hydroxylation is 1. The zero-order chi connectivity index (χ0) is 18.5. The van der Waals surface area contributed by atoms with E-state index in [1.54, 1.807) is 18.0 Å². The van der Waals surface area contributed by atoms with E-state index in [0.29, 0.717) is 33.7 Å². The summed E-state index contributed by atoms with van der Waals surface area (Å²) in [6.45, 7) is 2.24. The van der Waals surface area contributed by atoms with Crippen molar-refractivity contribution in [1.29, 1.82) is 0 Å². The number of hydrogen-bond donors (Lipinski definition) is 1. The molecule has 0 atom stereocenters. The highest BCUT2D eigenvalue weighted by atomic mass is 35.5. The molecule has 1 N–H and O–H groups in total. The lowest BCUT2D eigenvalue weighted by molar-refractivity contribution is 0.284. The van der Waals surface area contributed by atoms with E-state index in [1.807, 2.05) is 49.4 Å². The highest BCUT2D eigenvalue weighted by molar-refractivity contribution is 7.71. The van der Waals surface area contributed by atoms with Crippen LogP contribution >= 0.6 is 23.8 Å². The first-order chi connectivity index (χ1) is 12.6. The van der Waals surface area contributed by atoms with Crippen molar-refractivity contribution >= 4 is 30.0 Å². The van der Waals surface area contributed by atoms with Crippen molar-refractivity contribution in [2.45, 2.75) is 13.5 Å². The Labute approximate surface area is 161 Å². The van der Waals surface area contributed by atoms with Gasteiger partial charge in [0.05, 0.1) is 13.3 Å². The van der Waals surface area contributed by atoms with Gasteiger partial charge in [-0.1, -0.05) is 23.7 Å². The number of nitrogens with one attached hydrogen (secondary N) is 1. The zero-order valence-corrected chi connectivity index (χ0v) is 15.8. The summed E-state index contributed by atoms with van der Waals surface area (Å²) >= 11 is 11.0. The second-order valence-corrected chi connectivity index (χ2v) is 6.28. The van der Waals surface area contributed by atoms with Crippen LogP contribution in [0.25, 0.3) is 0 Å². The van der Waals surface area contributed by atoms with Crippen molar-refractivity contribution in [2.75, 3.05) is 7.11 Å². The van der Waals surface area contributed by atoms with Gasteiger partial charge in [-0.15, -0.1) is 0 Å². The number of aromatic amines is 1. The van der Waals surface area contributed by atoms with E-state index in [-0.39, 0.29) is 0 Å². The quantitative estimate of drug-likeness (QED) is 0.503. The Balaban J connectivity index is 1.75. The number of ether oxygens (including phenoxy) is 2. The SMILES string of the molecule is COc1cc(/C=N/n2c(C)n[nH]c2=S)ccc1OCc1ccc(Cl)cc1. The van der Waals surface area contributed by atoms with Crippen molar-refractivity contribution in [1.82, 2.24) is 14.9 Å². The Morgan fingerprint density at radius 2 is 2.00 bits per heavy atom. The van der Waals surface area contributed by atoms with Crippen molar-refractivity contribution in [2.24, 2.45) is 5.10 Å². The molecule has 26 heavy (non-hydrogen) atoms. The summed E-state index contributed by atoms with van der Waals surface area (Å²) in [7, 11) is 1.60. The Kier molecular flexibility index (Phi) is 5.70. The summed E-state index contributed by atoms with van der Waals surface area (Å²) in [5.74, 6) is 1.95. The Morgan fingerprint density at radius 3 is 2.65 bits per heavy atom. The molecule has 0 aliphatic carbocycles. The van der Waals surface area contributed by atoms with Gasteiger partial charge in [-0.25, -0.2) is 0 Å². The molecule has 2 aromatic carbocycles. The number of nitrogens with zero attached hydrogens (tertiary/aromatic N) is 3. The molecule has 0 spiro atoms. The third kappa shape index (κ3) is 4.30. The minimum absolute atomic E-state index is 0.421. The monoisotopic (exact) mass is 388 g/mol. The van der Waals surface area contributed by atoms with Gasteiger partial charge in [0, 0.05) is 5.02 Å². The first-order valence-corrected chi connectivity index (χ1v) is 8.59. The normalized spacial score (nSPS) is 11.0. The van der Waals surface area contributed by atoms with Gasteiger partial charge in [0.15, 0.2) is 11.5 Å². The zero-order valence-electron chi connectivity index (χ0n) is 14.3. The van der Waals surface area contributed by atoms with E-state index in [4.69, 9.17) is 33.3 Å². The molecule has 0 saturated carbocycles. The van der Waals surface area contributed by atoms with E-state index in [0.717, 1.165) is 11.1 Å². The van der Waals surface area contributed by atoms with E-state index in [9.17, 15) is 0 Å². The summed E-state index contributed by atoms with van der Waals surface area (Å²) in [5.41, 5.74) is 1.87. The molecule has 0 aliphatic heterocycles. The molecule has 0 saturated heterocycles. The Hall–Kier alpha value is -2.64. The van der Waals surface area contributed by atoms with Gasteiger partial charge in [0.2, 0.25) is 4.77 Å². The molecule has 1 heterocycles. The second kappa shape index (κ2) is 8.16. The molecule has 0 radical (unpaired) electrons. The van der Waals surface area contributed by atoms with Gasteiger partial charge in [0.25, 0.3) is 0 Å². The van der Waals surface area contributed by atoms with E-state index >= 15 is 0 Å². The number of hydrogen-bond acceptors (Lipinski definition) is 5. The predicted octanol–water partition coefficient (Wildman–Crippen LogP) is 4.37. The molecule has 6 nitrogen and oxygen atoms in total. The second-order valence-electron chi connectivity index (χ2n) is 5.46. The fourth-order valence-corrected chi connectivity index (χ4v) is 2.61. The van der Waals surface area contributed by atoms with Crippen LogP contribution in [0.1, 0.15) is 17.0 Å². The van der Waals surface area contributed by atoms with Crippen LogP contribution in [0.5, 0.6) is 11.5 Å². The van der Waals surface area contributed by atoms with Gasteiger partial charge < -0.3 is 9.47 Å². The maximum Gasteiger partial charge on any atom is 0.216 e. The van der Waals surface area contributed by atoms with Gasteiger partial charge in [-0.3, -0.25) is 5.10 Å². The molecular weight excluding hydrogens is 372 g/mol. The molecule has 8 heteroatoms. The number of halogens is 1. The summed E-state index contributed by atoms with van der Waals surface area (Å²) < 4.78 is 13.3. The lowest BCUT2D eigenvalue weighted by Gasteiger charge is -2.11. The number of methoxy groups -OCH3 is 1. The smallest absolute Gasteiger partial charge is 0.216 e. The molecule has 1 aromatic heterocycles. The Morgan fingerprint density at radius 1 is 1.23 bits per heavy atom. The largest absolute Gasteiger partial charge is 0.493 e. The highest BCUT2D eigenvalue weighted by Crippen LogP contribution is 2.28. The lowest BCUT2D eigenvalue weighted by Crippen LogP contribution is -1.99. The fourth-order valence-electron chi connectivity index (χ4n) is 2.26. The third-order valence-electron chi connectivity index (χ3n) is 3.63. The van der Waals surface area contributed by atoms with Crippen LogP contribution in [0.2, 0.25) is 5.02 Å². The van der Waals surface area contributed by atoms with E-state index in [1.165, 1.54) is 0 Å². The highest BCUT2D eigenvalue weighted by Gasteiger charge is 2.06. The van der Waals surface area contributed by atoms with Crippen LogP contribution in [-0.4, -0.2) is 28.2 Å². The van der Waals surface area contributed by atoms with Crippen molar-refractivity contribution in [3.63, 3.8) is 0 Å². The first-order valence-electron chi connectivity index (χ1n) is 7.80. The maximum atomic E-state index is 5.89. The average molecular weight is 389 g/mol. The summed E-state index contributed by atoms with van der Waals surface area (Å²) in [4.78, 5) is 0. The molecule has 134 valence electrons.